The fraction of sp³-hybridized carbons (Fsp3) is 0.333. The maximum Gasteiger partial charge on any atom is 0.0728 e. The molecule has 1 aromatic rings. The van der Waals surface area contributed by atoms with E-state index in [-0.39, 0.29) is 0 Å². The molecule has 0 spiro atoms. The standard InChI is InChI=1S/C15H18N2/c1-10-11(2)17(4)14-8-7-13-12(15(10)14)6-5-9-16(13)3/h5-9,13H,1-4H3. The van der Waals surface area contributed by atoms with Gasteiger partial charge in [0.2, 0.25) is 0 Å². The van der Waals surface area contributed by atoms with Gasteiger partial charge in [-0.1, -0.05) is 12.2 Å². The van der Waals surface area contributed by atoms with Crippen LogP contribution in [0.2, 0.25) is 0 Å². The highest BCUT2D eigenvalue weighted by molar-refractivity contribution is 5.85. The Bertz CT molecular complexity index is 570. The SMILES string of the molecule is Cc1c2c(n(C)c1C)C=CC1C2=CC=CN1C. The van der Waals surface area contributed by atoms with Crippen LogP contribution in [0.15, 0.2) is 24.4 Å². The van der Waals surface area contributed by atoms with Gasteiger partial charge in [-0.05, 0) is 43.3 Å². The summed E-state index contributed by atoms with van der Waals surface area (Å²) in [5, 5.41) is 0. The van der Waals surface area contributed by atoms with Crippen molar-refractivity contribution in [3.8, 4) is 0 Å². The molecule has 1 unspecified atom stereocenters. The van der Waals surface area contributed by atoms with Crippen LogP contribution in [0.1, 0.15) is 22.5 Å². The van der Waals surface area contributed by atoms with Gasteiger partial charge in [0.1, 0.15) is 0 Å². The van der Waals surface area contributed by atoms with Crippen molar-refractivity contribution >= 4 is 11.6 Å². The van der Waals surface area contributed by atoms with Crippen molar-refractivity contribution in [3.05, 3.63) is 46.9 Å². The first-order valence-electron chi connectivity index (χ1n) is 6.06. The Labute approximate surface area is 103 Å². The molecule has 2 aliphatic rings. The number of rotatable bonds is 0. The molecule has 2 heterocycles. The highest BCUT2D eigenvalue weighted by Crippen LogP contribution is 2.37. The fourth-order valence-electron chi connectivity index (χ4n) is 2.88. The quantitative estimate of drug-likeness (QED) is 0.660. The second-order valence-corrected chi connectivity index (χ2v) is 4.96. The zero-order chi connectivity index (χ0) is 12.2. The van der Waals surface area contributed by atoms with Crippen LogP contribution in [0, 0.1) is 13.8 Å². The number of hydrogen-bond acceptors (Lipinski definition) is 1. The van der Waals surface area contributed by atoms with E-state index in [1.54, 1.807) is 0 Å². The van der Waals surface area contributed by atoms with Crippen LogP contribution in [-0.4, -0.2) is 22.6 Å². The molecule has 0 fully saturated rings. The number of hydrogen-bond donors (Lipinski definition) is 0. The molecule has 0 aromatic carbocycles. The fourth-order valence-corrected chi connectivity index (χ4v) is 2.88. The van der Waals surface area contributed by atoms with Gasteiger partial charge < -0.3 is 9.47 Å². The Kier molecular flexibility index (Phi) is 2.09. The van der Waals surface area contributed by atoms with Gasteiger partial charge in [0.25, 0.3) is 0 Å². The van der Waals surface area contributed by atoms with E-state index in [4.69, 9.17) is 0 Å². The van der Waals surface area contributed by atoms with E-state index in [1.165, 1.54) is 28.1 Å². The van der Waals surface area contributed by atoms with Gasteiger partial charge >= 0.3 is 0 Å². The van der Waals surface area contributed by atoms with Gasteiger partial charge in [-0.3, -0.25) is 0 Å². The highest BCUT2D eigenvalue weighted by atomic mass is 15.1. The highest BCUT2D eigenvalue weighted by Gasteiger charge is 2.27. The van der Waals surface area contributed by atoms with Gasteiger partial charge in [0.05, 0.1) is 6.04 Å². The molecular formula is C15H18N2. The van der Waals surface area contributed by atoms with E-state index in [0.717, 1.165) is 0 Å². The lowest BCUT2D eigenvalue weighted by Crippen LogP contribution is -2.30. The smallest absolute Gasteiger partial charge is 0.0728 e. The summed E-state index contributed by atoms with van der Waals surface area (Å²) in [6.45, 7) is 4.42. The van der Waals surface area contributed by atoms with Gasteiger partial charge in [-0.25, -0.2) is 0 Å². The van der Waals surface area contributed by atoms with Crippen molar-refractivity contribution < 1.29 is 0 Å². The molecule has 1 aliphatic heterocycles. The number of likely N-dealkylation sites (N-methyl/N-ethyl adjacent to an activating group) is 1. The van der Waals surface area contributed by atoms with Crippen molar-refractivity contribution in [1.82, 2.24) is 9.47 Å². The zero-order valence-electron chi connectivity index (χ0n) is 10.9. The Morgan fingerprint density at radius 2 is 1.94 bits per heavy atom. The molecular weight excluding hydrogens is 208 g/mol. The summed E-state index contributed by atoms with van der Waals surface area (Å²) in [5.41, 5.74) is 6.96. The third-order valence-electron chi connectivity index (χ3n) is 4.12. The van der Waals surface area contributed by atoms with E-state index in [1.807, 2.05) is 0 Å². The predicted octanol–water partition coefficient (Wildman–Crippen LogP) is 2.88. The summed E-state index contributed by atoms with van der Waals surface area (Å²) >= 11 is 0. The van der Waals surface area contributed by atoms with Crippen molar-refractivity contribution in [1.29, 1.82) is 0 Å². The van der Waals surface area contributed by atoms with Gasteiger partial charge in [0, 0.05) is 31.0 Å². The van der Waals surface area contributed by atoms with E-state index < -0.39 is 0 Å². The summed E-state index contributed by atoms with van der Waals surface area (Å²) in [5.74, 6) is 0. The number of aromatic nitrogens is 1. The number of nitrogens with zero attached hydrogens (tertiary/aromatic N) is 2. The molecule has 2 nitrogen and oxygen atoms in total. The first-order chi connectivity index (χ1) is 8.11. The molecule has 0 radical (unpaired) electrons. The second kappa shape index (κ2) is 3.39. The van der Waals surface area contributed by atoms with E-state index in [9.17, 15) is 0 Å². The summed E-state index contributed by atoms with van der Waals surface area (Å²) in [4.78, 5) is 2.26. The molecule has 0 saturated heterocycles. The Balaban J connectivity index is 2.28. The van der Waals surface area contributed by atoms with Crippen LogP contribution < -0.4 is 0 Å². The van der Waals surface area contributed by atoms with Crippen molar-refractivity contribution in [3.63, 3.8) is 0 Å². The molecule has 1 atom stereocenters. The predicted molar refractivity (Wildman–Crippen MR) is 72.6 cm³/mol. The average molecular weight is 226 g/mol. The van der Waals surface area contributed by atoms with Crippen LogP contribution in [0.5, 0.6) is 0 Å². The first kappa shape index (κ1) is 10.5. The summed E-state index contributed by atoms with van der Waals surface area (Å²) < 4.78 is 2.29. The first-order valence-corrected chi connectivity index (χ1v) is 6.06. The molecule has 0 saturated carbocycles. The Morgan fingerprint density at radius 1 is 1.18 bits per heavy atom. The molecule has 17 heavy (non-hydrogen) atoms. The number of fused-ring (bicyclic) bond motifs is 3. The molecule has 0 N–H and O–H groups in total. The van der Waals surface area contributed by atoms with Crippen LogP contribution in [0.4, 0.5) is 0 Å². The van der Waals surface area contributed by atoms with Crippen molar-refractivity contribution in [2.45, 2.75) is 19.9 Å². The number of allylic oxidation sites excluding steroid dienone is 2. The maximum absolute atomic E-state index is 2.29. The zero-order valence-corrected chi connectivity index (χ0v) is 10.9. The molecule has 88 valence electrons. The van der Waals surface area contributed by atoms with E-state index in [0.29, 0.717) is 6.04 Å². The normalized spacial score (nSPS) is 21.3. The largest absolute Gasteiger partial charge is 0.370 e. The minimum Gasteiger partial charge on any atom is -0.370 e. The van der Waals surface area contributed by atoms with Crippen LogP contribution in [0.3, 0.4) is 0 Å². The molecule has 1 aliphatic carbocycles. The molecule has 1 aromatic heterocycles. The minimum atomic E-state index is 0.396. The summed E-state index contributed by atoms with van der Waals surface area (Å²) in [7, 11) is 4.28. The third-order valence-corrected chi connectivity index (χ3v) is 4.12. The second-order valence-electron chi connectivity index (χ2n) is 4.96. The molecule has 2 heteroatoms. The molecule has 3 rings (SSSR count). The van der Waals surface area contributed by atoms with E-state index >= 15 is 0 Å². The lowest BCUT2D eigenvalue weighted by molar-refractivity contribution is 0.443. The van der Waals surface area contributed by atoms with E-state index in [2.05, 4.69) is 67.9 Å². The van der Waals surface area contributed by atoms with Gasteiger partial charge in [0.15, 0.2) is 0 Å². The molecule has 0 amide bonds. The van der Waals surface area contributed by atoms with Crippen LogP contribution >= 0.6 is 0 Å². The van der Waals surface area contributed by atoms with Gasteiger partial charge in [-0.2, -0.15) is 0 Å². The third kappa shape index (κ3) is 1.27. The van der Waals surface area contributed by atoms with Crippen LogP contribution in [0.25, 0.3) is 11.6 Å². The van der Waals surface area contributed by atoms with Crippen molar-refractivity contribution in [2.24, 2.45) is 7.05 Å². The lowest BCUT2D eigenvalue weighted by Gasteiger charge is -2.32. The van der Waals surface area contributed by atoms with Gasteiger partial charge in [-0.15, -0.1) is 0 Å². The lowest BCUT2D eigenvalue weighted by atomic mass is 9.88. The van der Waals surface area contributed by atoms with Crippen molar-refractivity contribution in [2.75, 3.05) is 7.05 Å². The Morgan fingerprint density at radius 3 is 2.71 bits per heavy atom. The average Bonchev–Trinajstić information content (AvgIpc) is 2.55. The topological polar surface area (TPSA) is 8.17 Å². The molecule has 0 bridgehead atoms. The maximum atomic E-state index is 2.29. The Hall–Kier alpha value is -1.70. The van der Waals surface area contributed by atoms with Crippen LogP contribution in [-0.2, 0) is 7.05 Å². The summed E-state index contributed by atoms with van der Waals surface area (Å²) in [6.07, 6.45) is 11.1. The summed E-state index contributed by atoms with van der Waals surface area (Å²) in [6, 6.07) is 0.396. The minimum absolute atomic E-state index is 0.396. The monoisotopic (exact) mass is 226 g/mol.